The third-order valence-electron chi connectivity index (χ3n) is 3.00. The molecule has 0 fully saturated rings. The maximum atomic E-state index is 12.1. The Balaban J connectivity index is 1.83. The minimum Gasteiger partial charge on any atom is -0.464 e. The number of thioether (sulfide) groups is 1. The average molecular weight is 289 g/mol. The van der Waals surface area contributed by atoms with Gasteiger partial charge in [-0.3, -0.25) is 4.79 Å². The second kappa shape index (κ2) is 6.66. The molecular weight excluding hydrogens is 270 g/mol. The van der Waals surface area contributed by atoms with Crippen LogP contribution in [0.25, 0.3) is 0 Å². The lowest BCUT2D eigenvalue weighted by atomic mass is 10.2. The molecule has 1 aromatic carbocycles. The van der Waals surface area contributed by atoms with Crippen LogP contribution in [0, 0.1) is 13.8 Å². The van der Waals surface area contributed by atoms with Crippen molar-refractivity contribution in [3.63, 3.8) is 0 Å². The number of carbonyl (C=O) groups is 1. The van der Waals surface area contributed by atoms with Crippen LogP contribution < -0.4 is 0 Å². The van der Waals surface area contributed by atoms with Gasteiger partial charge in [-0.25, -0.2) is 0 Å². The van der Waals surface area contributed by atoms with E-state index in [9.17, 15) is 4.79 Å². The van der Waals surface area contributed by atoms with Gasteiger partial charge in [-0.15, -0.1) is 11.8 Å². The maximum absolute atomic E-state index is 12.1. The number of furan rings is 1. The number of nitrogens with zero attached hydrogens (tertiary/aromatic N) is 1. The van der Waals surface area contributed by atoms with Gasteiger partial charge in [0.25, 0.3) is 0 Å². The minimum atomic E-state index is 0.102. The summed E-state index contributed by atoms with van der Waals surface area (Å²) in [7, 11) is 1.80. The van der Waals surface area contributed by atoms with Crippen molar-refractivity contribution in [2.24, 2.45) is 0 Å². The fourth-order valence-corrected chi connectivity index (χ4v) is 2.62. The fourth-order valence-electron chi connectivity index (χ4n) is 1.78. The number of carbonyl (C=O) groups excluding carboxylic acids is 1. The summed E-state index contributed by atoms with van der Waals surface area (Å²) < 4.78 is 5.48. The van der Waals surface area contributed by atoms with E-state index in [4.69, 9.17) is 4.42 Å². The van der Waals surface area contributed by atoms with E-state index >= 15 is 0 Å². The van der Waals surface area contributed by atoms with Crippen molar-refractivity contribution in [2.75, 3.05) is 12.8 Å². The van der Waals surface area contributed by atoms with E-state index in [0.717, 1.165) is 16.4 Å². The van der Waals surface area contributed by atoms with Gasteiger partial charge >= 0.3 is 0 Å². The molecule has 0 N–H and O–H groups in total. The molecule has 2 rings (SSSR count). The topological polar surface area (TPSA) is 33.5 Å². The third-order valence-corrected chi connectivity index (χ3v) is 3.99. The van der Waals surface area contributed by atoms with Crippen LogP contribution in [0.1, 0.15) is 17.1 Å². The first-order chi connectivity index (χ1) is 9.54. The Morgan fingerprint density at radius 3 is 2.45 bits per heavy atom. The number of hydrogen-bond donors (Lipinski definition) is 0. The Morgan fingerprint density at radius 1 is 1.15 bits per heavy atom. The molecule has 0 saturated carbocycles. The summed E-state index contributed by atoms with van der Waals surface area (Å²) in [4.78, 5) is 14.9. The summed E-state index contributed by atoms with van der Waals surface area (Å²) in [5.41, 5.74) is 1.23. The zero-order valence-corrected chi connectivity index (χ0v) is 12.9. The zero-order chi connectivity index (χ0) is 14.5. The van der Waals surface area contributed by atoms with Gasteiger partial charge in [-0.1, -0.05) is 17.7 Å². The molecule has 4 heteroatoms. The molecule has 0 atom stereocenters. The Kier molecular flexibility index (Phi) is 4.90. The van der Waals surface area contributed by atoms with Crippen LogP contribution in [0.4, 0.5) is 0 Å². The molecule has 1 heterocycles. The van der Waals surface area contributed by atoms with Gasteiger partial charge in [0, 0.05) is 11.9 Å². The second-order valence-electron chi connectivity index (χ2n) is 4.86. The molecule has 0 aliphatic heterocycles. The fraction of sp³-hybridized carbons (Fsp3) is 0.312. The molecule has 0 saturated heterocycles. The van der Waals surface area contributed by atoms with Crippen LogP contribution in [-0.2, 0) is 11.3 Å². The third kappa shape index (κ3) is 4.17. The van der Waals surface area contributed by atoms with E-state index in [1.807, 2.05) is 31.2 Å². The second-order valence-corrected chi connectivity index (χ2v) is 5.91. The Morgan fingerprint density at radius 2 is 1.85 bits per heavy atom. The van der Waals surface area contributed by atoms with Crippen LogP contribution in [0.2, 0.25) is 0 Å². The van der Waals surface area contributed by atoms with E-state index in [1.54, 1.807) is 23.7 Å². The van der Waals surface area contributed by atoms with Gasteiger partial charge in [-0.05, 0) is 38.1 Å². The predicted octanol–water partition coefficient (Wildman–Crippen LogP) is 3.65. The summed E-state index contributed by atoms with van der Waals surface area (Å²) in [5.74, 6) is 2.23. The highest BCUT2D eigenvalue weighted by Gasteiger charge is 2.11. The van der Waals surface area contributed by atoms with Gasteiger partial charge in [0.05, 0.1) is 12.3 Å². The molecule has 1 aromatic heterocycles. The molecule has 20 heavy (non-hydrogen) atoms. The van der Waals surface area contributed by atoms with Crippen molar-refractivity contribution in [1.29, 1.82) is 0 Å². The highest BCUT2D eigenvalue weighted by molar-refractivity contribution is 8.00. The molecule has 2 aromatic rings. The molecule has 0 aliphatic rings. The number of benzene rings is 1. The van der Waals surface area contributed by atoms with Crippen LogP contribution in [0.5, 0.6) is 0 Å². The largest absolute Gasteiger partial charge is 0.464 e. The molecular formula is C16H19NO2S. The monoisotopic (exact) mass is 289 g/mol. The van der Waals surface area contributed by atoms with E-state index < -0.39 is 0 Å². The summed E-state index contributed by atoms with van der Waals surface area (Å²) in [5, 5.41) is 0. The summed E-state index contributed by atoms with van der Waals surface area (Å²) in [6.07, 6.45) is 0. The van der Waals surface area contributed by atoms with E-state index in [1.165, 1.54) is 5.56 Å². The van der Waals surface area contributed by atoms with Crippen molar-refractivity contribution >= 4 is 17.7 Å². The van der Waals surface area contributed by atoms with Gasteiger partial charge in [0.15, 0.2) is 0 Å². The average Bonchev–Trinajstić information content (AvgIpc) is 2.83. The summed E-state index contributed by atoms with van der Waals surface area (Å²) in [6.45, 7) is 4.47. The maximum Gasteiger partial charge on any atom is 0.233 e. The normalized spacial score (nSPS) is 10.6. The molecule has 0 unspecified atom stereocenters. The minimum absolute atomic E-state index is 0.102. The molecule has 106 valence electrons. The quantitative estimate of drug-likeness (QED) is 0.788. The van der Waals surface area contributed by atoms with Crippen LogP contribution in [0.3, 0.4) is 0 Å². The first-order valence-electron chi connectivity index (χ1n) is 6.53. The van der Waals surface area contributed by atoms with E-state index in [-0.39, 0.29) is 5.91 Å². The van der Waals surface area contributed by atoms with Gasteiger partial charge in [0.2, 0.25) is 5.91 Å². The van der Waals surface area contributed by atoms with E-state index in [0.29, 0.717) is 12.3 Å². The standard InChI is InChI=1S/C16H19NO2S/c1-12-4-8-15(9-5-12)20-11-16(18)17(3)10-14-7-6-13(2)19-14/h4-9H,10-11H2,1-3H3. The number of aryl methyl sites for hydroxylation is 2. The highest BCUT2D eigenvalue weighted by Crippen LogP contribution is 2.19. The highest BCUT2D eigenvalue weighted by atomic mass is 32.2. The van der Waals surface area contributed by atoms with Gasteiger partial charge < -0.3 is 9.32 Å². The summed E-state index contributed by atoms with van der Waals surface area (Å²) >= 11 is 1.56. The molecule has 1 amide bonds. The smallest absolute Gasteiger partial charge is 0.233 e. The molecule has 0 bridgehead atoms. The summed E-state index contributed by atoms with van der Waals surface area (Å²) in [6, 6.07) is 12.0. The van der Waals surface area contributed by atoms with Crippen molar-refractivity contribution < 1.29 is 9.21 Å². The van der Waals surface area contributed by atoms with Crippen LogP contribution in [0.15, 0.2) is 45.7 Å². The Labute approximate surface area is 124 Å². The molecule has 0 spiro atoms. The van der Waals surface area contributed by atoms with Crippen molar-refractivity contribution in [1.82, 2.24) is 4.90 Å². The lowest BCUT2D eigenvalue weighted by molar-refractivity contribution is -0.127. The Hall–Kier alpha value is -1.68. The first kappa shape index (κ1) is 14.7. The van der Waals surface area contributed by atoms with Crippen LogP contribution in [-0.4, -0.2) is 23.6 Å². The Bertz CT molecular complexity index is 574. The first-order valence-corrected chi connectivity index (χ1v) is 7.52. The van der Waals surface area contributed by atoms with Crippen molar-refractivity contribution in [3.8, 4) is 0 Å². The molecule has 0 aliphatic carbocycles. The van der Waals surface area contributed by atoms with Gasteiger partial charge in [-0.2, -0.15) is 0 Å². The number of rotatable bonds is 5. The zero-order valence-electron chi connectivity index (χ0n) is 12.1. The van der Waals surface area contributed by atoms with Crippen molar-refractivity contribution in [3.05, 3.63) is 53.5 Å². The van der Waals surface area contributed by atoms with Crippen LogP contribution >= 0.6 is 11.8 Å². The lowest BCUT2D eigenvalue weighted by Crippen LogP contribution is -2.27. The number of hydrogen-bond acceptors (Lipinski definition) is 3. The number of amides is 1. The lowest BCUT2D eigenvalue weighted by Gasteiger charge is -2.15. The SMILES string of the molecule is Cc1ccc(SCC(=O)N(C)Cc2ccc(C)o2)cc1. The van der Waals surface area contributed by atoms with E-state index in [2.05, 4.69) is 19.1 Å². The molecule has 3 nitrogen and oxygen atoms in total. The van der Waals surface area contributed by atoms with Crippen molar-refractivity contribution in [2.45, 2.75) is 25.3 Å². The predicted molar refractivity (Wildman–Crippen MR) is 81.8 cm³/mol. The molecule has 0 radical (unpaired) electrons. The van der Waals surface area contributed by atoms with Gasteiger partial charge in [0.1, 0.15) is 11.5 Å².